The fraction of sp³-hybridized carbons (Fsp3) is 0.688. The summed E-state index contributed by atoms with van der Waals surface area (Å²) in [6.07, 6.45) is 14.8. The van der Waals surface area contributed by atoms with Crippen LogP contribution in [0.5, 0.6) is 5.75 Å². The van der Waals surface area contributed by atoms with E-state index >= 15 is 0 Å². The van der Waals surface area contributed by atoms with Gasteiger partial charge in [0.1, 0.15) is 11.6 Å². The second kappa shape index (κ2) is 14.3. The maximum atomic E-state index is 5.94. The summed E-state index contributed by atoms with van der Waals surface area (Å²) >= 11 is 0. The minimum atomic E-state index is 0.502. The van der Waals surface area contributed by atoms with E-state index in [-0.39, 0.29) is 0 Å². The average Bonchev–Trinajstić information content (AvgIpc) is 3.25. The molecular formula is C32H50N6O. The van der Waals surface area contributed by atoms with Crippen molar-refractivity contribution in [2.75, 3.05) is 63.6 Å². The number of nitrogens with zero attached hydrogens (tertiary/aromatic N) is 5. The Labute approximate surface area is 236 Å². The molecule has 0 radical (unpaired) electrons. The topological polar surface area (TPSA) is 56.8 Å². The van der Waals surface area contributed by atoms with Crippen LogP contribution in [0, 0.1) is 0 Å². The van der Waals surface area contributed by atoms with Gasteiger partial charge >= 0.3 is 0 Å². The van der Waals surface area contributed by atoms with Crippen LogP contribution >= 0.6 is 0 Å². The molecule has 39 heavy (non-hydrogen) atoms. The lowest BCUT2D eigenvalue weighted by atomic mass is 9.96. The Balaban J connectivity index is 1.20. The van der Waals surface area contributed by atoms with Crippen LogP contribution < -0.4 is 15.0 Å². The zero-order chi connectivity index (χ0) is 26.9. The third-order valence-electron chi connectivity index (χ3n) is 8.64. The lowest BCUT2D eigenvalue weighted by Crippen LogP contribution is -2.43. The lowest BCUT2D eigenvalue weighted by molar-refractivity contribution is 0.148. The molecule has 1 aromatic carbocycles. The first-order chi connectivity index (χ1) is 19.2. The monoisotopic (exact) mass is 534 g/mol. The fourth-order valence-corrected chi connectivity index (χ4v) is 6.40. The molecule has 2 aliphatic heterocycles. The molecule has 3 aliphatic rings. The van der Waals surface area contributed by atoms with Gasteiger partial charge in [-0.3, -0.25) is 4.90 Å². The molecule has 2 aromatic rings. The highest BCUT2D eigenvalue weighted by atomic mass is 16.5. The minimum absolute atomic E-state index is 0.502. The maximum absolute atomic E-state index is 5.94. The molecule has 7 heteroatoms. The van der Waals surface area contributed by atoms with Crippen molar-refractivity contribution < 1.29 is 4.74 Å². The third kappa shape index (κ3) is 8.07. The Morgan fingerprint density at radius 2 is 1.67 bits per heavy atom. The number of piperidine rings is 1. The highest BCUT2D eigenvalue weighted by Gasteiger charge is 2.25. The second-order valence-corrected chi connectivity index (χ2v) is 12.1. The molecule has 1 N–H and O–H groups in total. The summed E-state index contributed by atoms with van der Waals surface area (Å²) in [5.41, 5.74) is 4.08. The molecule has 2 saturated heterocycles. The van der Waals surface area contributed by atoms with Crippen LogP contribution in [0.2, 0.25) is 0 Å². The lowest BCUT2D eigenvalue weighted by Gasteiger charge is -2.36. The highest BCUT2D eigenvalue weighted by molar-refractivity contribution is 5.54. The summed E-state index contributed by atoms with van der Waals surface area (Å²) in [5.74, 6) is 3.05. The van der Waals surface area contributed by atoms with E-state index in [1.54, 1.807) is 0 Å². The van der Waals surface area contributed by atoms with Crippen molar-refractivity contribution in [2.24, 2.45) is 0 Å². The minimum Gasteiger partial charge on any atom is -0.494 e. The van der Waals surface area contributed by atoms with Gasteiger partial charge in [-0.2, -0.15) is 4.98 Å². The van der Waals surface area contributed by atoms with Crippen molar-refractivity contribution in [1.29, 1.82) is 0 Å². The summed E-state index contributed by atoms with van der Waals surface area (Å²) in [7, 11) is 4.21. The van der Waals surface area contributed by atoms with Gasteiger partial charge in [-0.15, -0.1) is 0 Å². The number of hydrogen-bond acceptors (Lipinski definition) is 7. The molecule has 214 valence electrons. The molecule has 1 unspecified atom stereocenters. The summed E-state index contributed by atoms with van der Waals surface area (Å²) in [5, 5.41) is 3.71. The van der Waals surface area contributed by atoms with Gasteiger partial charge in [-0.05, 0) is 96.1 Å². The van der Waals surface area contributed by atoms with Crippen molar-refractivity contribution in [3.63, 3.8) is 0 Å². The number of nitrogens with one attached hydrogen (secondary N) is 1. The molecule has 0 saturated carbocycles. The Kier molecular flexibility index (Phi) is 10.3. The predicted octanol–water partition coefficient (Wildman–Crippen LogP) is 5.53. The van der Waals surface area contributed by atoms with Gasteiger partial charge in [0.15, 0.2) is 0 Å². The Bertz CT molecular complexity index is 1020. The van der Waals surface area contributed by atoms with Gasteiger partial charge < -0.3 is 19.9 Å². The van der Waals surface area contributed by atoms with E-state index in [9.17, 15) is 0 Å². The third-order valence-corrected chi connectivity index (χ3v) is 8.64. The van der Waals surface area contributed by atoms with Gasteiger partial charge in [0, 0.05) is 44.3 Å². The van der Waals surface area contributed by atoms with E-state index in [4.69, 9.17) is 14.7 Å². The number of likely N-dealkylation sites (tertiary alicyclic amines) is 1. The fourth-order valence-electron chi connectivity index (χ4n) is 6.40. The van der Waals surface area contributed by atoms with Crippen molar-refractivity contribution >= 4 is 11.8 Å². The van der Waals surface area contributed by atoms with E-state index in [1.165, 1.54) is 80.4 Å². The van der Waals surface area contributed by atoms with E-state index in [1.807, 2.05) is 0 Å². The highest BCUT2D eigenvalue weighted by Crippen LogP contribution is 2.31. The standard InChI is InChI=1S/C32H50N6O/c1-36(2)19-11-23-39-28-17-15-26(16-18-28)25-38-22-10-7-12-27(38)24-33-32-34-30-14-6-5-13-29(30)31(35-32)37-20-8-3-4-9-21-37/h15-18,27H,3-14,19-25H2,1-2H3,(H,33,34,35). The van der Waals surface area contributed by atoms with Crippen LogP contribution in [0.4, 0.5) is 11.8 Å². The van der Waals surface area contributed by atoms with Crippen molar-refractivity contribution in [3.8, 4) is 5.75 Å². The number of rotatable bonds is 11. The molecule has 3 heterocycles. The Morgan fingerprint density at radius 3 is 2.46 bits per heavy atom. The largest absolute Gasteiger partial charge is 0.494 e. The molecule has 0 bridgehead atoms. The van der Waals surface area contributed by atoms with Crippen molar-refractivity contribution in [2.45, 2.75) is 89.6 Å². The number of aromatic nitrogens is 2. The molecule has 2 fully saturated rings. The zero-order valence-electron chi connectivity index (χ0n) is 24.5. The van der Waals surface area contributed by atoms with Crippen molar-refractivity contribution in [1.82, 2.24) is 19.8 Å². The molecule has 0 spiro atoms. The van der Waals surface area contributed by atoms with E-state index in [0.717, 1.165) is 76.8 Å². The molecule has 7 nitrogen and oxygen atoms in total. The Hall–Kier alpha value is -2.38. The van der Waals surface area contributed by atoms with Gasteiger partial charge in [0.25, 0.3) is 0 Å². The van der Waals surface area contributed by atoms with Gasteiger partial charge in [0.05, 0.1) is 12.3 Å². The predicted molar refractivity (Wildman–Crippen MR) is 161 cm³/mol. The van der Waals surface area contributed by atoms with Crippen LogP contribution in [0.1, 0.15) is 81.0 Å². The van der Waals surface area contributed by atoms with Gasteiger partial charge in [0.2, 0.25) is 5.95 Å². The maximum Gasteiger partial charge on any atom is 0.224 e. The second-order valence-electron chi connectivity index (χ2n) is 12.1. The first-order valence-corrected chi connectivity index (χ1v) is 15.6. The summed E-state index contributed by atoms with van der Waals surface area (Å²) in [6, 6.07) is 9.24. The number of benzene rings is 1. The number of anilines is 2. The van der Waals surface area contributed by atoms with Crippen LogP contribution in [-0.2, 0) is 19.4 Å². The number of hydrogen-bond donors (Lipinski definition) is 1. The molecular weight excluding hydrogens is 484 g/mol. The smallest absolute Gasteiger partial charge is 0.224 e. The number of fused-ring (bicyclic) bond motifs is 1. The Morgan fingerprint density at radius 1 is 0.897 bits per heavy atom. The van der Waals surface area contributed by atoms with E-state index in [2.05, 4.69) is 58.4 Å². The summed E-state index contributed by atoms with van der Waals surface area (Å²) in [4.78, 5) is 17.6. The first-order valence-electron chi connectivity index (χ1n) is 15.6. The van der Waals surface area contributed by atoms with Gasteiger partial charge in [-0.25, -0.2) is 4.98 Å². The van der Waals surface area contributed by atoms with E-state index in [0.29, 0.717) is 6.04 Å². The summed E-state index contributed by atoms with van der Waals surface area (Å²) < 4.78 is 5.94. The average molecular weight is 535 g/mol. The van der Waals surface area contributed by atoms with Crippen LogP contribution in [-0.4, -0.2) is 79.2 Å². The van der Waals surface area contributed by atoms with Crippen LogP contribution in [0.3, 0.4) is 0 Å². The summed E-state index contributed by atoms with van der Waals surface area (Å²) in [6.45, 7) is 7.14. The zero-order valence-corrected chi connectivity index (χ0v) is 24.5. The van der Waals surface area contributed by atoms with E-state index < -0.39 is 0 Å². The SMILES string of the molecule is CN(C)CCCOc1ccc(CN2CCCCC2CNc2nc3c(c(N4CCCCCC4)n2)CCCC3)cc1. The van der Waals surface area contributed by atoms with Crippen molar-refractivity contribution in [3.05, 3.63) is 41.1 Å². The quantitative estimate of drug-likeness (QED) is 0.380. The molecule has 1 aliphatic carbocycles. The number of ether oxygens (including phenoxy) is 1. The molecule has 1 atom stereocenters. The van der Waals surface area contributed by atoms with Crippen LogP contribution in [0.25, 0.3) is 0 Å². The number of aryl methyl sites for hydroxylation is 1. The molecule has 5 rings (SSSR count). The van der Waals surface area contributed by atoms with Crippen LogP contribution in [0.15, 0.2) is 24.3 Å². The molecule has 0 amide bonds. The normalized spacial score (nSPS) is 20.5. The first kappa shape index (κ1) is 28.2. The van der Waals surface area contributed by atoms with Gasteiger partial charge in [-0.1, -0.05) is 31.4 Å². The molecule has 1 aromatic heterocycles.